The van der Waals surface area contributed by atoms with Gasteiger partial charge >= 0.3 is 6.09 Å². The van der Waals surface area contributed by atoms with E-state index in [4.69, 9.17) is 4.74 Å². The maximum Gasteiger partial charge on any atom is 0.407 e. The Labute approximate surface area is 140 Å². The molecule has 0 radical (unpaired) electrons. The maximum atomic E-state index is 11.8. The van der Waals surface area contributed by atoms with Gasteiger partial charge in [0.2, 0.25) is 0 Å². The Kier molecular flexibility index (Phi) is 5.69. The predicted octanol–water partition coefficient (Wildman–Crippen LogP) is 3.95. The summed E-state index contributed by atoms with van der Waals surface area (Å²) in [6.45, 7) is 10.5. The van der Waals surface area contributed by atoms with Crippen molar-refractivity contribution in [1.82, 2.24) is 10.6 Å². The first-order valence-electron chi connectivity index (χ1n) is 8.54. The van der Waals surface area contributed by atoms with Crippen molar-refractivity contribution >= 4 is 6.09 Å². The number of rotatable bonds is 6. The average Bonchev–Trinajstić information content (AvgIpc) is 3.26. The zero-order chi connectivity index (χ0) is 17.0. The highest BCUT2D eigenvalue weighted by atomic mass is 16.6. The molecule has 4 nitrogen and oxygen atoms in total. The molecule has 0 aromatic heterocycles. The smallest absolute Gasteiger partial charge is 0.407 e. The number of carbonyl (C=O) groups excluding carboxylic acids is 1. The summed E-state index contributed by atoms with van der Waals surface area (Å²) in [5.41, 5.74) is 2.09. The molecule has 2 unspecified atom stereocenters. The second kappa shape index (κ2) is 7.35. The molecule has 1 aliphatic rings. The van der Waals surface area contributed by atoms with E-state index < -0.39 is 5.60 Å². The fraction of sp³-hybridized carbons (Fsp3) is 0.632. The number of amides is 1. The molecule has 2 N–H and O–H groups in total. The largest absolute Gasteiger partial charge is 0.444 e. The first-order valence-corrected chi connectivity index (χ1v) is 8.54. The molecule has 23 heavy (non-hydrogen) atoms. The molecule has 4 heteroatoms. The van der Waals surface area contributed by atoms with E-state index in [1.165, 1.54) is 24.0 Å². The lowest BCUT2D eigenvalue weighted by Gasteiger charge is -2.25. The summed E-state index contributed by atoms with van der Waals surface area (Å²) in [7, 11) is 0. The molecule has 1 aliphatic carbocycles. The van der Waals surface area contributed by atoms with Crippen LogP contribution >= 0.6 is 0 Å². The van der Waals surface area contributed by atoms with Crippen molar-refractivity contribution in [2.45, 2.75) is 65.1 Å². The van der Waals surface area contributed by atoms with Crippen molar-refractivity contribution in [3.63, 3.8) is 0 Å². The second-order valence-electron chi connectivity index (χ2n) is 7.63. The molecule has 2 rings (SSSR count). The lowest BCUT2D eigenvalue weighted by atomic mass is 10.0. The van der Waals surface area contributed by atoms with Crippen molar-refractivity contribution in [2.75, 3.05) is 6.54 Å². The number of benzene rings is 1. The van der Waals surface area contributed by atoms with Gasteiger partial charge in [0.15, 0.2) is 0 Å². The molecule has 1 saturated carbocycles. The Hall–Kier alpha value is -1.55. The number of carbonyl (C=O) groups is 1. The third-order valence-corrected chi connectivity index (χ3v) is 4.10. The Balaban J connectivity index is 1.86. The van der Waals surface area contributed by atoms with Gasteiger partial charge < -0.3 is 15.4 Å². The molecule has 1 aromatic rings. The van der Waals surface area contributed by atoms with E-state index in [1.54, 1.807) is 0 Å². The summed E-state index contributed by atoms with van der Waals surface area (Å²) in [6, 6.07) is 9.16. The number of ether oxygens (including phenoxy) is 1. The van der Waals surface area contributed by atoms with Crippen molar-refractivity contribution in [2.24, 2.45) is 5.92 Å². The number of alkyl carbamates (subject to hydrolysis) is 1. The van der Waals surface area contributed by atoms with Gasteiger partial charge in [-0.3, -0.25) is 0 Å². The highest BCUT2D eigenvalue weighted by molar-refractivity contribution is 5.67. The third kappa shape index (κ3) is 6.22. The molecule has 0 heterocycles. The van der Waals surface area contributed by atoms with E-state index in [2.05, 4.69) is 48.7 Å². The highest BCUT2D eigenvalue weighted by Gasteiger charge is 2.32. The van der Waals surface area contributed by atoms with Crippen molar-refractivity contribution in [1.29, 1.82) is 0 Å². The molecule has 2 atom stereocenters. The molecule has 0 spiro atoms. The van der Waals surface area contributed by atoms with Gasteiger partial charge in [0.25, 0.3) is 0 Å². The van der Waals surface area contributed by atoms with E-state index in [-0.39, 0.29) is 12.1 Å². The van der Waals surface area contributed by atoms with Crippen LogP contribution in [0.1, 0.15) is 57.7 Å². The maximum absolute atomic E-state index is 11.8. The summed E-state index contributed by atoms with van der Waals surface area (Å²) in [5, 5.41) is 6.57. The van der Waals surface area contributed by atoms with Gasteiger partial charge in [-0.25, -0.2) is 4.79 Å². The summed E-state index contributed by atoms with van der Waals surface area (Å²) >= 11 is 0. The van der Waals surface area contributed by atoms with Crippen LogP contribution in [0.15, 0.2) is 24.3 Å². The highest BCUT2D eigenvalue weighted by Crippen LogP contribution is 2.33. The number of nitrogens with one attached hydrogen (secondary N) is 2. The first kappa shape index (κ1) is 17.8. The minimum atomic E-state index is -0.457. The van der Waals surface area contributed by atoms with Crippen molar-refractivity contribution in [3.05, 3.63) is 35.4 Å². The molecular weight excluding hydrogens is 288 g/mol. The van der Waals surface area contributed by atoms with E-state index in [0.29, 0.717) is 18.5 Å². The normalized spacial score (nSPS) is 17.4. The summed E-state index contributed by atoms with van der Waals surface area (Å²) in [4.78, 5) is 11.8. The van der Waals surface area contributed by atoms with E-state index in [9.17, 15) is 4.79 Å². The van der Waals surface area contributed by atoms with Crippen LogP contribution in [0.5, 0.6) is 0 Å². The summed E-state index contributed by atoms with van der Waals surface area (Å²) < 4.78 is 5.31. The van der Waals surface area contributed by atoms with Gasteiger partial charge in [-0.05, 0) is 58.9 Å². The van der Waals surface area contributed by atoms with Gasteiger partial charge in [-0.15, -0.1) is 0 Å². The van der Waals surface area contributed by atoms with Crippen molar-refractivity contribution in [3.8, 4) is 0 Å². The van der Waals surface area contributed by atoms with Crippen LogP contribution in [0, 0.1) is 12.8 Å². The minimum absolute atomic E-state index is 0.265. The molecule has 0 bridgehead atoms. The van der Waals surface area contributed by atoms with Gasteiger partial charge in [-0.1, -0.05) is 29.8 Å². The van der Waals surface area contributed by atoms with Gasteiger partial charge in [0.1, 0.15) is 5.60 Å². The Morgan fingerprint density at radius 2 is 1.87 bits per heavy atom. The fourth-order valence-electron chi connectivity index (χ4n) is 2.64. The van der Waals surface area contributed by atoms with Crippen LogP contribution in [0.2, 0.25) is 0 Å². The van der Waals surface area contributed by atoms with E-state index in [0.717, 1.165) is 0 Å². The topological polar surface area (TPSA) is 50.4 Å². The average molecular weight is 318 g/mol. The lowest BCUT2D eigenvalue weighted by molar-refractivity contribution is 0.0520. The fourth-order valence-corrected chi connectivity index (χ4v) is 2.64. The van der Waals surface area contributed by atoms with Gasteiger partial charge in [-0.2, -0.15) is 0 Å². The quantitative estimate of drug-likeness (QED) is 0.835. The van der Waals surface area contributed by atoms with Crippen LogP contribution < -0.4 is 10.6 Å². The zero-order valence-electron chi connectivity index (χ0n) is 15.0. The van der Waals surface area contributed by atoms with Gasteiger partial charge in [0, 0.05) is 18.6 Å². The standard InChI is InChI=1S/C19H30N2O2/c1-13-6-8-15(9-7-13)14(2)21-17(16-10-11-16)12-20-18(22)23-19(3,4)5/h6-9,14,16-17,21H,10-12H2,1-5H3,(H,20,22). The van der Waals surface area contributed by atoms with E-state index in [1.807, 2.05) is 20.8 Å². The number of aryl methyl sites for hydroxylation is 1. The van der Waals surface area contributed by atoms with Crippen LogP contribution in [-0.2, 0) is 4.74 Å². The van der Waals surface area contributed by atoms with Crippen LogP contribution in [-0.4, -0.2) is 24.3 Å². The zero-order valence-corrected chi connectivity index (χ0v) is 15.0. The first-order chi connectivity index (χ1) is 10.7. The van der Waals surface area contributed by atoms with Gasteiger partial charge in [0.05, 0.1) is 0 Å². The Bertz CT molecular complexity index is 515. The number of hydrogen-bond donors (Lipinski definition) is 2. The summed E-state index contributed by atoms with van der Waals surface area (Å²) in [6.07, 6.45) is 2.12. The van der Waals surface area contributed by atoms with Crippen molar-refractivity contribution < 1.29 is 9.53 Å². The van der Waals surface area contributed by atoms with E-state index >= 15 is 0 Å². The molecule has 1 aromatic carbocycles. The van der Waals surface area contributed by atoms with Crippen LogP contribution in [0.25, 0.3) is 0 Å². The molecule has 0 saturated heterocycles. The molecule has 1 fully saturated rings. The molecule has 128 valence electrons. The molecule has 1 amide bonds. The predicted molar refractivity (Wildman–Crippen MR) is 93.5 cm³/mol. The van der Waals surface area contributed by atoms with Crippen LogP contribution in [0.3, 0.4) is 0 Å². The number of hydrogen-bond acceptors (Lipinski definition) is 3. The Morgan fingerprint density at radius 3 is 2.39 bits per heavy atom. The Morgan fingerprint density at radius 1 is 1.26 bits per heavy atom. The second-order valence-corrected chi connectivity index (χ2v) is 7.63. The summed E-state index contributed by atoms with van der Waals surface area (Å²) in [5.74, 6) is 0.651. The molecular formula is C19H30N2O2. The SMILES string of the molecule is Cc1ccc(C(C)NC(CNC(=O)OC(C)(C)C)C2CC2)cc1. The minimum Gasteiger partial charge on any atom is -0.444 e. The lowest BCUT2D eigenvalue weighted by Crippen LogP contribution is -2.44. The molecule has 0 aliphatic heterocycles. The van der Waals surface area contributed by atoms with Crippen LogP contribution in [0.4, 0.5) is 4.79 Å². The third-order valence-electron chi connectivity index (χ3n) is 4.10. The monoisotopic (exact) mass is 318 g/mol.